The molecule has 1 unspecified atom stereocenters. The van der Waals surface area contributed by atoms with Crippen LogP contribution < -0.4 is 0 Å². The van der Waals surface area contributed by atoms with E-state index in [-0.39, 0.29) is 12.1 Å². The molecule has 0 spiro atoms. The van der Waals surface area contributed by atoms with Crippen LogP contribution in [-0.2, 0) is 14.3 Å². The molecule has 0 aromatic heterocycles. The van der Waals surface area contributed by atoms with Crippen LogP contribution in [0.1, 0.15) is 117 Å². The van der Waals surface area contributed by atoms with E-state index < -0.39 is 0 Å². The third-order valence-corrected chi connectivity index (χ3v) is 5.43. The number of carbonyl (C=O) groups is 1. The zero-order valence-electron chi connectivity index (χ0n) is 17.6. The van der Waals surface area contributed by atoms with Gasteiger partial charge in [-0.25, -0.2) is 4.79 Å². The van der Waals surface area contributed by atoms with Crippen molar-refractivity contribution >= 4 is 5.97 Å². The van der Waals surface area contributed by atoms with Gasteiger partial charge in [0.2, 0.25) is 0 Å². The lowest BCUT2D eigenvalue weighted by atomic mass is 9.97. The number of cyclic esters (lactones) is 1. The molecule has 152 valence electrons. The van der Waals surface area contributed by atoms with E-state index in [0.29, 0.717) is 0 Å². The maximum atomic E-state index is 12.3. The Morgan fingerprint density at radius 1 is 0.846 bits per heavy atom. The molecule has 0 saturated carbocycles. The molecule has 1 aliphatic rings. The Bertz CT molecular complexity index is 400. The third kappa shape index (κ3) is 9.64. The largest absolute Gasteiger partial charge is 0.500 e. The highest BCUT2D eigenvalue weighted by molar-refractivity contribution is 5.89. The predicted molar refractivity (Wildman–Crippen MR) is 109 cm³/mol. The molecule has 0 saturated heterocycles. The van der Waals surface area contributed by atoms with E-state index in [2.05, 4.69) is 13.8 Å². The normalized spacial score (nSPS) is 17.5. The van der Waals surface area contributed by atoms with Crippen LogP contribution in [0.3, 0.4) is 0 Å². The van der Waals surface area contributed by atoms with Crippen molar-refractivity contribution in [3.63, 3.8) is 0 Å². The summed E-state index contributed by atoms with van der Waals surface area (Å²) in [7, 11) is 1.69. The summed E-state index contributed by atoms with van der Waals surface area (Å²) >= 11 is 0. The van der Waals surface area contributed by atoms with Crippen LogP contribution in [0, 0.1) is 0 Å². The van der Waals surface area contributed by atoms with Gasteiger partial charge in [0.1, 0.15) is 11.9 Å². The molecule has 1 heterocycles. The summed E-state index contributed by atoms with van der Waals surface area (Å²) in [6.07, 6.45) is 19.1. The monoisotopic (exact) mass is 366 g/mol. The molecule has 0 aromatic carbocycles. The van der Waals surface area contributed by atoms with E-state index in [1.54, 1.807) is 7.11 Å². The number of methoxy groups -OCH3 is 1. The minimum atomic E-state index is -0.134. The minimum Gasteiger partial charge on any atom is -0.500 e. The summed E-state index contributed by atoms with van der Waals surface area (Å²) < 4.78 is 11.2. The van der Waals surface area contributed by atoms with Crippen molar-refractivity contribution in [3.05, 3.63) is 11.3 Å². The third-order valence-electron chi connectivity index (χ3n) is 5.43. The Morgan fingerprint density at radius 3 is 1.96 bits per heavy atom. The van der Waals surface area contributed by atoms with Crippen molar-refractivity contribution in [1.29, 1.82) is 0 Å². The second kappa shape index (κ2) is 15.1. The van der Waals surface area contributed by atoms with Gasteiger partial charge in [-0.15, -0.1) is 0 Å². The Morgan fingerprint density at radius 2 is 1.38 bits per heavy atom. The van der Waals surface area contributed by atoms with Crippen molar-refractivity contribution in [2.24, 2.45) is 0 Å². The van der Waals surface area contributed by atoms with Crippen molar-refractivity contribution in [1.82, 2.24) is 0 Å². The van der Waals surface area contributed by atoms with Crippen LogP contribution in [0.4, 0.5) is 0 Å². The summed E-state index contributed by atoms with van der Waals surface area (Å²) in [4.78, 5) is 12.3. The average molecular weight is 367 g/mol. The van der Waals surface area contributed by atoms with E-state index in [4.69, 9.17) is 9.47 Å². The maximum absolute atomic E-state index is 12.3. The molecule has 3 heteroatoms. The first-order valence-electron chi connectivity index (χ1n) is 11.2. The van der Waals surface area contributed by atoms with Gasteiger partial charge in [-0.3, -0.25) is 0 Å². The summed E-state index contributed by atoms with van der Waals surface area (Å²) in [5.41, 5.74) is 0.784. The maximum Gasteiger partial charge on any atom is 0.337 e. The van der Waals surface area contributed by atoms with E-state index >= 15 is 0 Å². The fourth-order valence-electron chi connectivity index (χ4n) is 3.73. The van der Waals surface area contributed by atoms with Crippen LogP contribution in [-0.4, -0.2) is 19.2 Å². The Labute approximate surface area is 161 Å². The molecule has 0 radical (unpaired) electrons. The Kier molecular flexibility index (Phi) is 13.4. The lowest BCUT2D eigenvalue weighted by Crippen LogP contribution is -2.27. The van der Waals surface area contributed by atoms with Crippen LogP contribution in [0.5, 0.6) is 0 Å². The first-order valence-corrected chi connectivity index (χ1v) is 11.2. The molecule has 1 rings (SSSR count). The van der Waals surface area contributed by atoms with E-state index in [1.165, 1.54) is 70.6 Å². The number of unbranched alkanes of at least 4 members (excludes halogenated alkanes) is 11. The highest BCUT2D eigenvalue weighted by atomic mass is 16.6. The standard InChI is InChI=1S/C23H42O3/c1-4-6-8-10-11-12-13-14-15-17-20-19-22(25-3)21(23(24)26-20)18-16-9-7-5-2/h20H,4-19H2,1-3H3. The average Bonchev–Trinajstić information content (AvgIpc) is 2.64. The molecule has 0 bridgehead atoms. The molecule has 0 N–H and O–H groups in total. The minimum absolute atomic E-state index is 0.0152. The Balaban J connectivity index is 2.21. The highest BCUT2D eigenvalue weighted by Gasteiger charge is 2.29. The van der Waals surface area contributed by atoms with Crippen LogP contribution >= 0.6 is 0 Å². The van der Waals surface area contributed by atoms with Gasteiger partial charge in [0, 0.05) is 6.42 Å². The van der Waals surface area contributed by atoms with Crippen molar-refractivity contribution in [2.75, 3.05) is 7.11 Å². The van der Waals surface area contributed by atoms with E-state index in [9.17, 15) is 4.79 Å². The summed E-state index contributed by atoms with van der Waals surface area (Å²) in [5, 5.41) is 0. The quantitative estimate of drug-likeness (QED) is 0.216. The van der Waals surface area contributed by atoms with Gasteiger partial charge in [0.05, 0.1) is 12.7 Å². The second-order valence-electron chi connectivity index (χ2n) is 7.77. The summed E-state index contributed by atoms with van der Waals surface area (Å²) in [5.74, 6) is 0.740. The fraction of sp³-hybridized carbons (Fsp3) is 0.870. The molecule has 1 atom stereocenters. The van der Waals surface area contributed by atoms with Crippen molar-refractivity contribution in [2.45, 2.75) is 123 Å². The fourth-order valence-corrected chi connectivity index (χ4v) is 3.73. The number of esters is 1. The van der Waals surface area contributed by atoms with Crippen molar-refractivity contribution in [3.8, 4) is 0 Å². The summed E-state index contributed by atoms with van der Waals surface area (Å²) in [6.45, 7) is 4.46. The van der Waals surface area contributed by atoms with E-state index in [1.807, 2.05) is 0 Å². The van der Waals surface area contributed by atoms with Gasteiger partial charge in [0.15, 0.2) is 0 Å². The zero-order chi connectivity index (χ0) is 19.0. The van der Waals surface area contributed by atoms with Gasteiger partial charge < -0.3 is 9.47 Å². The number of hydrogen-bond acceptors (Lipinski definition) is 3. The lowest BCUT2D eigenvalue weighted by Gasteiger charge is -2.26. The van der Waals surface area contributed by atoms with Gasteiger partial charge in [-0.1, -0.05) is 84.5 Å². The lowest BCUT2D eigenvalue weighted by molar-refractivity contribution is -0.147. The first kappa shape index (κ1) is 23.0. The van der Waals surface area contributed by atoms with Gasteiger partial charge >= 0.3 is 5.97 Å². The first-order chi connectivity index (χ1) is 12.7. The molecule has 0 amide bonds. The molecular formula is C23H42O3. The SMILES string of the molecule is CCCCCCCCCCCC1CC(OC)=C(CCCCCC)C(=O)O1. The zero-order valence-corrected chi connectivity index (χ0v) is 17.6. The molecule has 1 aliphatic heterocycles. The second-order valence-corrected chi connectivity index (χ2v) is 7.77. The Hall–Kier alpha value is -0.990. The highest BCUT2D eigenvalue weighted by Crippen LogP contribution is 2.28. The van der Waals surface area contributed by atoms with Crippen LogP contribution in [0.15, 0.2) is 11.3 Å². The van der Waals surface area contributed by atoms with Gasteiger partial charge in [-0.05, 0) is 25.7 Å². The molecule has 3 nitrogen and oxygen atoms in total. The van der Waals surface area contributed by atoms with Gasteiger partial charge in [-0.2, -0.15) is 0 Å². The number of carbonyl (C=O) groups excluding carboxylic acids is 1. The number of hydrogen-bond donors (Lipinski definition) is 0. The molecule has 0 fully saturated rings. The molecule has 0 aromatic rings. The topological polar surface area (TPSA) is 35.5 Å². The van der Waals surface area contributed by atoms with Crippen molar-refractivity contribution < 1.29 is 14.3 Å². The summed E-state index contributed by atoms with van der Waals surface area (Å²) in [6, 6.07) is 0. The van der Waals surface area contributed by atoms with Gasteiger partial charge in [0.25, 0.3) is 0 Å². The predicted octanol–water partition coefficient (Wildman–Crippen LogP) is 7.09. The molecule has 0 aliphatic carbocycles. The van der Waals surface area contributed by atoms with Crippen LogP contribution in [0.2, 0.25) is 0 Å². The number of ether oxygens (including phenoxy) is 2. The van der Waals surface area contributed by atoms with E-state index in [0.717, 1.165) is 43.4 Å². The number of rotatable bonds is 16. The molecule has 26 heavy (non-hydrogen) atoms. The molecular weight excluding hydrogens is 324 g/mol. The smallest absolute Gasteiger partial charge is 0.337 e. The van der Waals surface area contributed by atoms with Crippen LogP contribution in [0.25, 0.3) is 0 Å².